The van der Waals surface area contributed by atoms with Gasteiger partial charge in [0.05, 0.1) is 6.10 Å². The highest BCUT2D eigenvalue weighted by Crippen LogP contribution is 2.28. The fraction of sp³-hybridized carbons (Fsp3) is 0.286. The summed E-state index contributed by atoms with van der Waals surface area (Å²) in [5, 5.41) is 14.5. The number of aliphatic hydroxyl groups excluding tert-OH is 1. The van der Waals surface area contributed by atoms with Crippen molar-refractivity contribution >= 4 is 28.5 Å². The van der Waals surface area contributed by atoms with Gasteiger partial charge in [-0.25, -0.2) is 0 Å². The Hall–Kier alpha value is -2.30. The van der Waals surface area contributed by atoms with Crippen LogP contribution in [0.4, 0.5) is 0 Å². The Balaban J connectivity index is 1.69. The number of aliphatic hydroxyl groups is 1. The fourth-order valence-corrected chi connectivity index (χ4v) is 3.07. The quantitative estimate of drug-likeness (QED) is 0.664. The second-order valence-corrected chi connectivity index (χ2v) is 7.18. The van der Waals surface area contributed by atoms with Crippen LogP contribution in [0, 0.1) is 6.92 Å². The van der Waals surface area contributed by atoms with E-state index in [9.17, 15) is 9.90 Å². The van der Waals surface area contributed by atoms with Gasteiger partial charge in [-0.05, 0) is 42.2 Å². The molecule has 0 aliphatic carbocycles. The zero-order valence-electron chi connectivity index (χ0n) is 15.0. The number of nitrogens with one attached hydrogen (secondary N) is 1. The number of carbonyl (C=O) groups excluding carboxylic acids is 1. The maximum atomic E-state index is 12.5. The summed E-state index contributed by atoms with van der Waals surface area (Å²) in [6.07, 6.45) is -0.778. The third kappa shape index (κ3) is 3.76. The summed E-state index contributed by atoms with van der Waals surface area (Å²) < 4.78 is 5.64. The number of benzene rings is 2. The fourth-order valence-electron chi connectivity index (χ4n) is 2.90. The van der Waals surface area contributed by atoms with Crippen molar-refractivity contribution in [1.29, 1.82) is 0 Å². The number of hydrogen-bond donors (Lipinski definition) is 2. The number of amides is 1. The number of hydrogen-bond acceptors (Lipinski definition) is 3. The Bertz CT molecular complexity index is 928. The molecular weight excluding hydrogens is 350 g/mol. The second-order valence-electron chi connectivity index (χ2n) is 6.74. The van der Waals surface area contributed by atoms with E-state index >= 15 is 0 Å². The summed E-state index contributed by atoms with van der Waals surface area (Å²) in [5.74, 6) is 0.322. The molecule has 3 aromatic rings. The third-order valence-electron chi connectivity index (χ3n) is 4.55. The maximum absolute atomic E-state index is 12.5. The summed E-state index contributed by atoms with van der Waals surface area (Å²) in [6.45, 7) is 6.16. The molecule has 2 aromatic carbocycles. The Morgan fingerprint density at radius 3 is 2.46 bits per heavy atom. The van der Waals surface area contributed by atoms with E-state index in [1.165, 1.54) is 5.56 Å². The average molecular weight is 372 g/mol. The molecule has 2 N–H and O–H groups in total. The lowest BCUT2D eigenvalue weighted by molar-refractivity contribution is 0.0890. The van der Waals surface area contributed by atoms with Gasteiger partial charge in [0.2, 0.25) is 0 Å². The number of carbonyl (C=O) groups is 1. The van der Waals surface area contributed by atoms with Gasteiger partial charge in [-0.15, -0.1) is 0 Å². The molecule has 1 atom stereocenters. The van der Waals surface area contributed by atoms with E-state index in [1.54, 1.807) is 18.2 Å². The van der Waals surface area contributed by atoms with E-state index in [-0.39, 0.29) is 18.2 Å². The van der Waals surface area contributed by atoms with E-state index in [4.69, 9.17) is 16.0 Å². The van der Waals surface area contributed by atoms with Crippen LogP contribution < -0.4 is 5.32 Å². The first-order valence-corrected chi connectivity index (χ1v) is 8.99. The molecule has 0 spiro atoms. The van der Waals surface area contributed by atoms with E-state index in [1.807, 2.05) is 31.2 Å². The third-order valence-corrected chi connectivity index (χ3v) is 4.78. The Kier molecular flexibility index (Phi) is 5.35. The van der Waals surface area contributed by atoms with Crippen LogP contribution in [0.25, 0.3) is 11.0 Å². The standard InChI is InChI=1S/C21H22ClNO3/c1-12(2)14-4-6-15(7-5-14)18(24)11-23-21(25)20-13(3)17-10-16(22)8-9-19(17)26-20/h4-10,12,18,24H,11H2,1-3H3,(H,23,25). The lowest BCUT2D eigenvalue weighted by atomic mass is 10.00. The zero-order chi connectivity index (χ0) is 18.8. The molecule has 0 bridgehead atoms. The van der Waals surface area contributed by atoms with Gasteiger partial charge in [0.15, 0.2) is 5.76 Å². The maximum Gasteiger partial charge on any atom is 0.287 e. The number of halogens is 1. The Morgan fingerprint density at radius 1 is 1.15 bits per heavy atom. The van der Waals surface area contributed by atoms with Crippen LogP contribution in [0.5, 0.6) is 0 Å². The Labute approximate surface area is 157 Å². The van der Waals surface area contributed by atoms with Gasteiger partial charge in [-0.2, -0.15) is 0 Å². The molecule has 1 heterocycles. The monoisotopic (exact) mass is 371 g/mol. The molecule has 3 rings (SSSR count). The van der Waals surface area contributed by atoms with Crippen LogP contribution in [0.15, 0.2) is 46.9 Å². The average Bonchev–Trinajstić information content (AvgIpc) is 2.96. The predicted molar refractivity (Wildman–Crippen MR) is 104 cm³/mol. The van der Waals surface area contributed by atoms with E-state index < -0.39 is 6.10 Å². The molecule has 1 aromatic heterocycles. The predicted octanol–water partition coefficient (Wildman–Crippen LogP) is 4.98. The van der Waals surface area contributed by atoms with Crippen LogP contribution in [0.2, 0.25) is 5.02 Å². The first-order chi connectivity index (χ1) is 12.4. The molecule has 0 fully saturated rings. The van der Waals surface area contributed by atoms with Gasteiger partial charge in [0.25, 0.3) is 5.91 Å². The van der Waals surface area contributed by atoms with Crippen LogP contribution in [-0.2, 0) is 0 Å². The summed E-state index contributed by atoms with van der Waals surface area (Å²) in [7, 11) is 0. The normalized spacial score (nSPS) is 12.5. The largest absolute Gasteiger partial charge is 0.451 e. The van der Waals surface area contributed by atoms with Crippen molar-refractivity contribution < 1.29 is 14.3 Å². The highest BCUT2D eigenvalue weighted by molar-refractivity contribution is 6.31. The van der Waals surface area contributed by atoms with Crippen LogP contribution in [-0.4, -0.2) is 17.6 Å². The molecule has 26 heavy (non-hydrogen) atoms. The minimum absolute atomic E-state index is 0.108. The SMILES string of the molecule is Cc1c(C(=O)NCC(O)c2ccc(C(C)C)cc2)oc2ccc(Cl)cc12. The van der Waals surface area contributed by atoms with Crippen molar-refractivity contribution in [2.75, 3.05) is 6.54 Å². The van der Waals surface area contributed by atoms with Gasteiger partial charge >= 0.3 is 0 Å². The van der Waals surface area contributed by atoms with Crippen molar-refractivity contribution in [3.05, 3.63) is 69.9 Å². The molecule has 0 saturated carbocycles. The molecule has 0 aliphatic rings. The molecular formula is C21H22ClNO3. The minimum Gasteiger partial charge on any atom is -0.451 e. The summed E-state index contributed by atoms with van der Waals surface area (Å²) in [4.78, 5) is 12.5. The highest BCUT2D eigenvalue weighted by atomic mass is 35.5. The van der Waals surface area contributed by atoms with Crippen molar-refractivity contribution in [1.82, 2.24) is 5.32 Å². The molecule has 1 unspecified atom stereocenters. The molecule has 4 nitrogen and oxygen atoms in total. The molecule has 0 aliphatic heterocycles. The van der Waals surface area contributed by atoms with Crippen LogP contribution >= 0.6 is 11.6 Å². The van der Waals surface area contributed by atoms with Gasteiger partial charge in [-0.1, -0.05) is 49.7 Å². The van der Waals surface area contributed by atoms with Gasteiger partial charge in [0, 0.05) is 22.5 Å². The molecule has 0 saturated heterocycles. The van der Waals surface area contributed by atoms with Gasteiger partial charge in [-0.3, -0.25) is 4.79 Å². The van der Waals surface area contributed by atoms with E-state index in [2.05, 4.69) is 19.2 Å². The van der Waals surface area contributed by atoms with Gasteiger partial charge in [0.1, 0.15) is 5.58 Å². The first-order valence-electron chi connectivity index (χ1n) is 8.61. The van der Waals surface area contributed by atoms with E-state index in [0.29, 0.717) is 16.5 Å². The molecule has 5 heteroatoms. The van der Waals surface area contributed by atoms with Gasteiger partial charge < -0.3 is 14.8 Å². The van der Waals surface area contributed by atoms with Crippen LogP contribution in [0.1, 0.15) is 53.1 Å². The smallest absolute Gasteiger partial charge is 0.287 e. The summed E-state index contributed by atoms with van der Waals surface area (Å²) >= 11 is 6.01. The highest BCUT2D eigenvalue weighted by Gasteiger charge is 2.19. The number of aryl methyl sites for hydroxylation is 1. The topological polar surface area (TPSA) is 62.5 Å². The number of rotatable bonds is 5. The second kappa shape index (κ2) is 7.52. The van der Waals surface area contributed by atoms with Crippen molar-refractivity contribution in [3.8, 4) is 0 Å². The van der Waals surface area contributed by atoms with E-state index in [0.717, 1.165) is 16.5 Å². The molecule has 136 valence electrons. The lowest BCUT2D eigenvalue weighted by Gasteiger charge is -2.13. The van der Waals surface area contributed by atoms with Crippen molar-refractivity contribution in [2.24, 2.45) is 0 Å². The minimum atomic E-state index is -0.778. The number of fused-ring (bicyclic) bond motifs is 1. The number of furan rings is 1. The molecule has 0 radical (unpaired) electrons. The van der Waals surface area contributed by atoms with Crippen molar-refractivity contribution in [3.63, 3.8) is 0 Å². The molecule has 1 amide bonds. The van der Waals surface area contributed by atoms with Crippen molar-refractivity contribution in [2.45, 2.75) is 32.8 Å². The summed E-state index contributed by atoms with van der Waals surface area (Å²) in [5.41, 5.74) is 3.32. The zero-order valence-corrected chi connectivity index (χ0v) is 15.8. The van der Waals surface area contributed by atoms with Crippen LogP contribution in [0.3, 0.4) is 0 Å². The lowest BCUT2D eigenvalue weighted by Crippen LogP contribution is -2.28. The first kappa shape index (κ1) is 18.5. The summed E-state index contributed by atoms with van der Waals surface area (Å²) in [6, 6.07) is 13.0. The Morgan fingerprint density at radius 2 is 1.81 bits per heavy atom.